The van der Waals surface area contributed by atoms with Gasteiger partial charge in [-0.05, 0) is 18.9 Å². The summed E-state index contributed by atoms with van der Waals surface area (Å²) in [5.74, 6) is -0.400. The van der Waals surface area contributed by atoms with Crippen LogP contribution in [0.15, 0.2) is 10.9 Å². The molecule has 1 fully saturated rings. The molecule has 1 aliphatic carbocycles. The van der Waals surface area contributed by atoms with Crippen LogP contribution in [0.4, 0.5) is 5.95 Å². The van der Waals surface area contributed by atoms with Crippen LogP contribution >= 0.6 is 0 Å². The summed E-state index contributed by atoms with van der Waals surface area (Å²) in [6, 6.07) is 1.72. The number of fused-ring (bicyclic) bond motifs is 1. The minimum Gasteiger partial charge on any atom is -0.480 e. The van der Waals surface area contributed by atoms with Gasteiger partial charge in [-0.2, -0.15) is 9.61 Å². The third kappa shape index (κ3) is 2.80. The molecular weight excluding hydrogens is 290 g/mol. The average Bonchev–Trinajstić information content (AvgIpc) is 3.22. The lowest BCUT2D eigenvalue weighted by atomic mass is 10.3. The molecule has 2 heterocycles. The number of rotatable bonds is 7. The van der Waals surface area contributed by atoms with Crippen LogP contribution in [0.2, 0.25) is 0 Å². The number of carboxylic acid groups (broad SMARTS) is 1. The number of anilines is 1. The fraction of sp³-hybridized carbons (Fsp3) is 0.538. The van der Waals surface area contributed by atoms with Gasteiger partial charge >= 0.3 is 5.97 Å². The Bertz CT molecular complexity index is 762. The second-order valence-electron chi connectivity index (χ2n) is 5.24. The number of carboxylic acids is 1. The van der Waals surface area contributed by atoms with Gasteiger partial charge in [-0.15, -0.1) is 5.10 Å². The third-order valence-electron chi connectivity index (χ3n) is 3.47. The summed E-state index contributed by atoms with van der Waals surface area (Å²) in [4.78, 5) is 23.2. The molecule has 0 atom stereocenters. The maximum Gasteiger partial charge on any atom is 0.325 e. The zero-order valence-corrected chi connectivity index (χ0v) is 12.2. The van der Waals surface area contributed by atoms with E-state index < -0.39 is 18.1 Å². The highest BCUT2D eigenvalue weighted by molar-refractivity contribution is 5.66. The van der Waals surface area contributed by atoms with Gasteiger partial charge in [0.25, 0.3) is 5.56 Å². The van der Waals surface area contributed by atoms with Crippen molar-refractivity contribution in [2.45, 2.75) is 25.3 Å². The minimum atomic E-state index is -1.12. The molecular formula is C13H17N5O4. The van der Waals surface area contributed by atoms with E-state index in [1.165, 1.54) is 4.52 Å². The predicted octanol–water partition coefficient (Wildman–Crippen LogP) is -0.0887. The predicted molar refractivity (Wildman–Crippen MR) is 77.2 cm³/mol. The first-order chi connectivity index (χ1) is 10.6. The molecule has 1 aliphatic rings. The van der Waals surface area contributed by atoms with Gasteiger partial charge in [-0.25, -0.2) is 4.68 Å². The molecule has 2 N–H and O–H groups in total. The number of methoxy groups -OCH3 is 1. The van der Waals surface area contributed by atoms with Crippen LogP contribution in [0.1, 0.15) is 24.5 Å². The number of nitrogens with zero attached hydrogens (tertiary/aromatic N) is 4. The summed E-state index contributed by atoms with van der Waals surface area (Å²) in [6.45, 7) is 0.443. The molecule has 2 aromatic rings. The quantitative estimate of drug-likeness (QED) is 0.688. The van der Waals surface area contributed by atoms with E-state index in [4.69, 9.17) is 9.84 Å². The first-order valence-electron chi connectivity index (χ1n) is 7.05. The lowest BCUT2D eigenvalue weighted by Gasteiger charge is -2.09. The van der Waals surface area contributed by atoms with E-state index in [9.17, 15) is 9.59 Å². The van der Waals surface area contributed by atoms with Crippen molar-refractivity contribution in [1.29, 1.82) is 0 Å². The Labute approximate surface area is 125 Å². The molecule has 22 heavy (non-hydrogen) atoms. The Hall–Kier alpha value is -2.42. The zero-order valence-electron chi connectivity index (χ0n) is 12.2. The number of hydrogen-bond acceptors (Lipinski definition) is 6. The highest BCUT2D eigenvalue weighted by Gasteiger charge is 2.27. The van der Waals surface area contributed by atoms with Gasteiger partial charge < -0.3 is 15.2 Å². The van der Waals surface area contributed by atoms with Gasteiger partial charge in [0, 0.05) is 19.6 Å². The van der Waals surface area contributed by atoms with E-state index in [0.29, 0.717) is 30.5 Å². The average molecular weight is 307 g/mol. The van der Waals surface area contributed by atoms with Crippen molar-refractivity contribution in [3.05, 3.63) is 22.1 Å². The van der Waals surface area contributed by atoms with E-state index in [0.717, 1.165) is 23.2 Å². The Morgan fingerprint density at radius 1 is 1.50 bits per heavy atom. The molecule has 1 saturated carbocycles. The molecule has 9 nitrogen and oxygen atoms in total. The lowest BCUT2D eigenvalue weighted by Crippen LogP contribution is -2.30. The SMILES string of the molecule is COCCNc1nn(CC(=O)O)c(=O)c2cc(C3CC3)nn12. The van der Waals surface area contributed by atoms with Crippen LogP contribution in [-0.4, -0.2) is 50.7 Å². The van der Waals surface area contributed by atoms with E-state index >= 15 is 0 Å². The molecule has 0 unspecified atom stereocenters. The summed E-state index contributed by atoms with van der Waals surface area (Å²) < 4.78 is 7.35. The monoisotopic (exact) mass is 307 g/mol. The second kappa shape index (κ2) is 5.76. The van der Waals surface area contributed by atoms with Crippen LogP contribution in [0.25, 0.3) is 5.52 Å². The van der Waals surface area contributed by atoms with Crippen molar-refractivity contribution in [3.63, 3.8) is 0 Å². The number of nitrogens with one attached hydrogen (secondary N) is 1. The molecule has 0 saturated heterocycles. The van der Waals surface area contributed by atoms with E-state index in [1.807, 2.05) is 0 Å². The Morgan fingerprint density at radius 2 is 2.27 bits per heavy atom. The van der Waals surface area contributed by atoms with E-state index in [2.05, 4.69) is 15.5 Å². The summed E-state index contributed by atoms with van der Waals surface area (Å²) in [7, 11) is 1.58. The first-order valence-corrected chi connectivity index (χ1v) is 7.05. The molecule has 118 valence electrons. The van der Waals surface area contributed by atoms with Crippen LogP contribution in [-0.2, 0) is 16.1 Å². The largest absolute Gasteiger partial charge is 0.480 e. The summed E-state index contributed by atoms with van der Waals surface area (Å²) >= 11 is 0. The normalized spacial score (nSPS) is 14.4. The maximum absolute atomic E-state index is 12.3. The molecule has 0 bridgehead atoms. The topological polar surface area (TPSA) is 111 Å². The highest BCUT2D eigenvalue weighted by Crippen LogP contribution is 2.39. The van der Waals surface area contributed by atoms with Crippen LogP contribution in [0, 0.1) is 0 Å². The number of carbonyl (C=O) groups is 1. The Morgan fingerprint density at radius 3 is 2.91 bits per heavy atom. The summed E-state index contributed by atoms with van der Waals surface area (Å²) in [5.41, 5.74) is 0.721. The third-order valence-corrected chi connectivity index (χ3v) is 3.47. The molecule has 0 aliphatic heterocycles. The van der Waals surface area contributed by atoms with Crippen molar-refractivity contribution in [1.82, 2.24) is 19.4 Å². The number of ether oxygens (including phenoxy) is 1. The fourth-order valence-electron chi connectivity index (χ4n) is 2.24. The van der Waals surface area contributed by atoms with E-state index in [1.54, 1.807) is 13.2 Å². The Balaban J connectivity index is 2.06. The number of aliphatic carboxylic acids is 1. The van der Waals surface area contributed by atoms with Crippen LogP contribution in [0.5, 0.6) is 0 Å². The van der Waals surface area contributed by atoms with Gasteiger partial charge in [-0.3, -0.25) is 9.59 Å². The van der Waals surface area contributed by atoms with Crippen molar-refractivity contribution in [2.24, 2.45) is 0 Å². The molecule has 0 aromatic carbocycles. The second-order valence-corrected chi connectivity index (χ2v) is 5.24. The molecule has 9 heteroatoms. The molecule has 0 spiro atoms. The van der Waals surface area contributed by atoms with Crippen molar-refractivity contribution in [2.75, 3.05) is 25.6 Å². The van der Waals surface area contributed by atoms with Gasteiger partial charge in [0.2, 0.25) is 5.95 Å². The van der Waals surface area contributed by atoms with Crippen molar-refractivity contribution < 1.29 is 14.6 Å². The zero-order chi connectivity index (χ0) is 15.7. The molecule has 0 amide bonds. The summed E-state index contributed by atoms with van der Waals surface area (Å²) in [6.07, 6.45) is 2.13. The number of hydrogen-bond donors (Lipinski definition) is 2. The minimum absolute atomic E-state index is 0.332. The van der Waals surface area contributed by atoms with Crippen molar-refractivity contribution in [3.8, 4) is 0 Å². The van der Waals surface area contributed by atoms with E-state index in [-0.39, 0.29) is 0 Å². The lowest BCUT2D eigenvalue weighted by molar-refractivity contribution is -0.137. The highest BCUT2D eigenvalue weighted by atomic mass is 16.5. The molecule has 2 aromatic heterocycles. The van der Waals surface area contributed by atoms with Gasteiger partial charge in [-0.1, -0.05) is 0 Å². The molecule has 0 radical (unpaired) electrons. The van der Waals surface area contributed by atoms with Crippen LogP contribution < -0.4 is 10.9 Å². The number of aromatic nitrogens is 4. The maximum atomic E-state index is 12.3. The van der Waals surface area contributed by atoms with Crippen molar-refractivity contribution >= 4 is 17.4 Å². The molecule has 3 rings (SSSR count). The smallest absolute Gasteiger partial charge is 0.325 e. The van der Waals surface area contributed by atoms with Crippen LogP contribution in [0.3, 0.4) is 0 Å². The standard InChI is InChI=1S/C13H17N5O4/c1-22-5-4-14-13-16-17(7-11(19)20)12(21)10-6-9(8-2-3-8)15-18(10)13/h6,8H,2-5,7H2,1H3,(H,14,16)(H,19,20). The fourth-order valence-corrected chi connectivity index (χ4v) is 2.24. The Kier molecular flexibility index (Phi) is 3.80. The summed E-state index contributed by atoms with van der Waals surface area (Å²) in [5, 5.41) is 20.4. The van der Waals surface area contributed by atoms with Gasteiger partial charge in [0.05, 0.1) is 12.3 Å². The van der Waals surface area contributed by atoms with Gasteiger partial charge in [0.15, 0.2) is 0 Å². The first kappa shape index (κ1) is 14.5. The van der Waals surface area contributed by atoms with Gasteiger partial charge in [0.1, 0.15) is 12.1 Å².